The minimum Gasteiger partial charge on any atom is -0.496 e. The van der Waals surface area contributed by atoms with Crippen molar-refractivity contribution in [2.24, 2.45) is 0 Å². The molecule has 0 bridgehead atoms. The van der Waals surface area contributed by atoms with Gasteiger partial charge in [0.05, 0.1) is 17.6 Å². The van der Waals surface area contributed by atoms with E-state index in [2.05, 4.69) is 87.2 Å². The van der Waals surface area contributed by atoms with Gasteiger partial charge in [-0.2, -0.15) is 0 Å². The van der Waals surface area contributed by atoms with Crippen LogP contribution < -0.4 is 10.1 Å². The molecule has 2 aromatic rings. The Labute approximate surface area is 142 Å². The average molecular weight is 446 g/mol. The summed E-state index contributed by atoms with van der Waals surface area (Å²) in [6.45, 7) is 3.04. The highest BCUT2D eigenvalue weighted by atomic mass is 127. The molecule has 0 heterocycles. The second kappa shape index (κ2) is 7.43. The van der Waals surface area contributed by atoms with Crippen LogP contribution in [-0.2, 0) is 0 Å². The second-order valence-electron chi connectivity index (χ2n) is 4.44. The third kappa shape index (κ3) is 3.74. The number of rotatable bonds is 5. The number of halogens is 2. The predicted molar refractivity (Wildman–Crippen MR) is 95.4 cm³/mol. The monoisotopic (exact) mass is 445 g/mol. The molecule has 0 amide bonds. The fraction of sp³-hybridized carbons (Fsp3) is 0.250. The first kappa shape index (κ1) is 15.8. The fourth-order valence-electron chi connectivity index (χ4n) is 2.18. The molecule has 0 fully saturated rings. The number of hydrogen-bond donors (Lipinski definition) is 1. The molecular formula is C16H17BrINO. The Kier molecular flexibility index (Phi) is 5.86. The van der Waals surface area contributed by atoms with Crippen LogP contribution in [0.25, 0.3) is 0 Å². The zero-order chi connectivity index (χ0) is 14.5. The Morgan fingerprint density at radius 1 is 1.20 bits per heavy atom. The lowest BCUT2D eigenvalue weighted by Crippen LogP contribution is -2.22. The summed E-state index contributed by atoms with van der Waals surface area (Å²) in [6, 6.07) is 15.0. The Hall–Kier alpha value is -0.590. The molecule has 20 heavy (non-hydrogen) atoms. The molecule has 0 saturated carbocycles. The van der Waals surface area contributed by atoms with Gasteiger partial charge in [0.1, 0.15) is 5.75 Å². The van der Waals surface area contributed by atoms with Crippen LogP contribution in [0.1, 0.15) is 24.1 Å². The molecular weight excluding hydrogens is 429 g/mol. The molecule has 106 valence electrons. The number of benzene rings is 2. The van der Waals surface area contributed by atoms with E-state index in [9.17, 15) is 0 Å². The normalized spacial score (nSPS) is 12.2. The SMILES string of the molecule is CCNC(c1cccc(I)c1)c1ccc(OC)c(Br)c1. The van der Waals surface area contributed by atoms with Crippen molar-refractivity contribution in [2.75, 3.05) is 13.7 Å². The fourth-order valence-corrected chi connectivity index (χ4v) is 3.31. The van der Waals surface area contributed by atoms with E-state index in [-0.39, 0.29) is 6.04 Å². The topological polar surface area (TPSA) is 21.3 Å². The summed E-state index contributed by atoms with van der Waals surface area (Å²) < 4.78 is 7.52. The van der Waals surface area contributed by atoms with E-state index in [4.69, 9.17) is 4.74 Å². The lowest BCUT2D eigenvalue weighted by molar-refractivity contribution is 0.412. The Morgan fingerprint density at radius 2 is 1.95 bits per heavy atom. The number of hydrogen-bond acceptors (Lipinski definition) is 2. The molecule has 0 radical (unpaired) electrons. The maximum absolute atomic E-state index is 5.30. The molecule has 2 aromatic carbocycles. The van der Waals surface area contributed by atoms with Crippen LogP contribution in [0, 0.1) is 3.57 Å². The molecule has 0 aliphatic heterocycles. The summed E-state index contributed by atoms with van der Waals surface area (Å²) in [5, 5.41) is 3.54. The van der Waals surface area contributed by atoms with Gasteiger partial charge >= 0.3 is 0 Å². The zero-order valence-electron chi connectivity index (χ0n) is 11.5. The third-order valence-electron chi connectivity index (χ3n) is 3.10. The summed E-state index contributed by atoms with van der Waals surface area (Å²) in [4.78, 5) is 0. The maximum atomic E-state index is 5.30. The van der Waals surface area contributed by atoms with Crippen LogP contribution in [0.4, 0.5) is 0 Å². The van der Waals surface area contributed by atoms with Crippen molar-refractivity contribution in [3.05, 3.63) is 61.6 Å². The van der Waals surface area contributed by atoms with Crippen molar-refractivity contribution in [3.8, 4) is 5.75 Å². The van der Waals surface area contributed by atoms with Gasteiger partial charge in [0.2, 0.25) is 0 Å². The van der Waals surface area contributed by atoms with Crippen LogP contribution in [0.3, 0.4) is 0 Å². The quantitative estimate of drug-likeness (QED) is 0.670. The molecule has 0 spiro atoms. The van der Waals surface area contributed by atoms with Crippen molar-refractivity contribution in [2.45, 2.75) is 13.0 Å². The van der Waals surface area contributed by atoms with E-state index in [0.29, 0.717) is 0 Å². The molecule has 1 unspecified atom stereocenters. The van der Waals surface area contributed by atoms with Crippen LogP contribution in [0.5, 0.6) is 5.75 Å². The van der Waals surface area contributed by atoms with E-state index in [0.717, 1.165) is 16.8 Å². The van der Waals surface area contributed by atoms with Crippen LogP contribution >= 0.6 is 38.5 Å². The highest BCUT2D eigenvalue weighted by molar-refractivity contribution is 14.1. The van der Waals surface area contributed by atoms with Gasteiger partial charge in [-0.15, -0.1) is 0 Å². The molecule has 1 atom stereocenters. The Bertz CT molecular complexity index is 588. The van der Waals surface area contributed by atoms with Crippen LogP contribution in [0.2, 0.25) is 0 Å². The van der Waals surface area contributed by atoms with Crippen LogP contribution in [0.15, 0.2) is 46.9 Å². The molecule has 0 saturated heterocycles. The van der Waals surface area contributed by atoms with E-state index < -0.39 is 0 Å². The molecule has 0 aliphatic carbocycles. The van der Waals surface area contributed by atoms with Gasteiger partial charge in [0, 0.05) is 3.57 Å². The summed E-state index contributed by atoms with van der Waals surface area (Å²) in [6.07, 6.45) is 0. The number of nitrogens with one attached hydrogen (secondary N) is 1. The summed E-state index contributed by atoms with van der Waals surface area (Å²) in [7, 11) is 1.68. The molecule has 0 aliphatic rings. The first-order valence-corrected chi connectivity index (χ1v) is 8.35. The number of ether oxygens (including phenoxy) is 1. The van der Waals surface area contributed by atoms with Crippen molar-refractivity contribution >= 4 is 38.5 Å². The average Bonchev–Trinajstić information content (AvgIpc) is 2.44. The van der Waals surface area contributed by atoms with E-state index in [1.165, 1.54) is 14.7 Å². The maximum Gasteiger partial charge on any atom is 0.133 e. The van der Waals surface area contributed by atoms with Gasteiger partial charge in [-0.25, -0.2) is 0 Å². The highest BCUT2D eigenvalue weighted by Gasteiger charge is 2.14. The molecule has 2 rings (SSSR count). The van der Waals surface area contributed by atoms with Crippen LogP contribution in [-0.4, -0.2) is 13.7 Å². The smallest absolute Gasteiger partial charge is 0.133 e. The predicted octanol–water partition coefficient (Wildman–Crippen LogP) is 4.76. The molecule has 4 heteroatoms. The first-order valence-electron chi connectivity index (χ1n) is 6.48. The van der Waals surface area contributed by atoms with Crippen molar-refractivity contribution in [3.63, 3.8) is 0 Å². The van der Waals surface area contributed by atoms with Crippen molar-refractivity contribution in [1.82, 2.24) is 5.32 Å². The molecule has 0 aromatic heterocycles. The van der Waals surface area contributed by atoms with Gasteiger partial charge in [-0.05, 0) is 80.5 Å². The highest BCUT2D eigenvalue weighted by Crippen LogP contribution is 2.31. The standard InChI is InChI=1S/C16H17BrINO/c1-3-19-16(11-5-4-6-13(18)9-11)12-7-8-15(20-2)14(17)10-12/h4-10,16,19H,3H2,1-2H3. The Morgan fingerprint density at radius 3 is 2.55 bits per heavy atom. The summed E-state index contributed by atoms with van der Waals surface area (Å²) in [5.41, 5.74) is 2.50. The summed E-state index contributed by atoms with van der Waals surface area (Å²) in [5.74, 6) is 0.853. The largest absolute Gasteiger partial charge is 0.496 e. The third-order valence-corrected chi connectivity index (χ3v) is 4.39. The van der Waals surface area contributed by atoms with Gasteiger partial charge in [0.15, 0.2) is 0 Å². The lowest BCUT2D eigenvalue weighted by Gasteiger charge is -2.20. The van der Waals surface area contributed by atoms with E-state index >= 15 is 0 Å². The zero-order valence-corrected chi connectivity index (χ0v) is 15.2. The van der Waals surface area contributed by atoms with Crippen molar-refractivity contribution in [1.29, 1.82) is 0 Å². The molecule has 2 nitrogen and oxygen atoms in total. The summed E-state index contributed by atoms with van der Waals surface area (Å²) >= 11 is 5.91. The number of methoxy groups -OCH3 is 1. The van der Waals surface area contributed by atoms with E-state index in [1.54, 1.807) is 7.11 Å². The van der Waals surface area contributed by atoms with Gasteiger partial charge in [-0.1, -0.05) is 25.1 Å². The first-order chi connectivity index (χ1) is 9.65. The van der Waals surface area contributed by atoms with Gasteiger partial charge in [0.25, 0.3) is 0 Å². The Balaban J connectivity index is 2.40. The second-order valence-corrected chi connectivity index (χ2v) is 6.54. The minimum atomic E-state index is 0.192. The van der Waals surface area contributed by atoms with E-state index in [1.807, 2.05) is 6.07 Å². The van der Waals surface area contributed by atoms with Gasteiger partial charge < -0.3 is 10.1 Å². The molecule has 1 N–H and O–H groups in total. The van der Waals surface area contributed by atoms with Crippen molar-refractivity contribution < 1.29 is 4.74 Å². The van der Waals surface area contributed by atoms with Gasteiger partial charge in [-0.3, -0.25) is 0 Å². The minimum absolute atomic E-state index is 0.192. The lowest BCUT2D eigenvalue weighted by atomic mass is 9.98.